The molecule has 0 aliphatic rings. The van der Waals surface area contributed by atoms with E-state index in [1.54, 1.807) is 0 Å². The van der Waals surface area contributed by atoms with Crippen LogP contribution in [-0.4, -0.2) is 30.0 Å². The molecular formula is C7H8F3N3. The molecular weight excluding hydrogens is 183 g/mol. The van der Waals surface area contributed by atoms with Crippen LogP contribution in [0.1, 0.15) is 0 Å². The summed E-state index contributed by atoms with van der Waals surface area (Å²) in [6.07, 6.45) is -0.110. The van der Waals surface area contributed by atoms with Gasteiger partial charge in [-0.25, -0.2) is 18.7 Å². The molecule has 6 heteroatoms. The van der Waals surface area contributed by atoms with Gasteiger partial charge in [0.05, 0.1) is 6.54 Å². The fraction of sp³-hybridized carbons (Fsp3) is 0.429. The third-order valence-corrected chi connectivity index (χ3v) is 1.41. The van der Waals surface area contributed by atoms with Crippen LogP contribution in [0.4, 0.5) is 19.0 Å². The van der Waals surface area contributed by atoms with Gasteiger partial charge in [0.1, 0.15) is 0 Å². The van der Waals surface area contributed by atoms with Crippen molar-refractivity contribution in [2.45, 2.75) is 6.43 Å². The normalized spacial score (nSPS) is 10.5. The largest absolute Gasteiger partial charge is 0.350 e. The SMILES string of the molecule is CN(CC(F)F)c1nccnc1F. The van der Waals surface area contributed by atoms with Gasteiger partial charge in [-0.2, -0.15) is 4.39 Å². The number of halogens is 3. The first-order valence-corrected chi connectivity index (χ1v) is 3.57. The van der Waals surface area contributed by atoms with Gasteiger partial charge in [0.15, 0.2) is 5.82 Å². The Morgan fingerprint density at radius 3 is 2.54 bits per heavy atom. The smallest absolute Gasteiger partial charge is 0.255 e. The van der Waals surface area contributed by atoms with E-state index in [0.717, 1.165) is 11.1 Å². The Labute approximate surface area is 73.2 Å². The van der Waals surface area contributed by atoms with Crippen LogP contribution in [0.5, 0.6) is 0 Å². The van der Waals surface area contributed by atoms with E-state index in [-0.39, 0.29) is 5.82 Å². The number of hydrogen-bond acceptors (Lipinski definition) is 3. The molecule has 72 valence electrons. The second kappa shape index (κ2) is 4.06. The first kappa shape index (κ1) is 9.76. The van der Waals surface area contributed by atoms with Crippen molar-refractivity contribution in [3.8, 4) is 0 Å². The van der Waals surface area contributed by atoms with Gasteiger partial charge in [-0.05, 0) is 0 Å². The number of anilines is 1. The van der Waals surface area contributed by atoms with E-state index in [4.69, 9.17) is 0 Å². The minimum atomic E-state index is -2.52. The minimum absolute atomic E-state index is 0.164. The van der Waals surface area contributed by atoms with E-state index in [0.29, 0.717) is 0 Å². The summed E-state index contributed by atoms with van der Waals surface area (Å²) in [7, 11) is 1.33. The third-order valence-electron chi connectivity index (χ3n) is 1.41. The van der Waals surface area contributed by atoms with Gasteiger partial charge >= 0.3 is 0 Å². The predicted molar refractivity (Wildman–Crippen MR) is 41.3 cm³/mol. The van der Waals surface area contributed by atoms with E-state index in [2.05, 4.69) is 9.97 Å². The zero-order valence-corrected chi connectivity index (χ0v) is 6.91. The minimum Gasteiger partial charge on any atom is -0.350 e. The standard InChI is InChI=1S/C7H8F3N3/c1-13(4-5(8)9)7-6(10)11-2-3-12-7/h2-3,5H,4H2,1H3. The summed E-state index contributed by atoms with van der Waals surface area (Å²) in [4.78, 5) is 7.90. The maximum atomic E-state index is 12.8. The molecule has 0 aliphatic carbocycles. The maximum absolute atomic E-state index is 12.8. The van der Waals surface area contributed by atoms with Crippen molar-refractivity contribution in [1.29, 1.82) is 0 Å². The molecule has 1 rings (SSSR count). The van der Waals surface area contributed by atoms with Crippen molar-refractivity contribution in [2.75, 3.05) is 18.5 Å². The molecule has 13 heavy (non-hydrogen) atoms. The summed E-state index contributed by atoms with van der Waals surface area (Å²) in [5, 5.41) is 0. The topological polar surface area (TPSA) is 29.0 Å². The zero-order valence-electron chi connectivity index (χ0n) is 6.91. The van der Waals surface area contributed by atoms with Crippen molar-refractivity contribution in [1.82, 2.24) is 9.97 Å². The average molecular weight is 191 g/mol. The van der Waals surface area contributed by atoms with Crippen LogP contribution in [-0.2, 0) is 0 Å². The predicted octanol–water partition coefficient (Wildman–Crippen LogP) is 1.32. The highest BCUT2D eigenvalue weighted by atomic mass is 19.3. The van der Waals surface area contributed by atoms with Crippen LogP contribution in [0.25, 0.3) is 0 Å². The number of nitrogens with zero attached hydrogens (tertiary/aromatic N) is 3. The average Bonchev–Trinajstić information content (AvgIpc) is 2.03. The molecule has 0 saturated heterocycles. The molecule has 0 spiro atoms. The van der Waals surface area contributed by atoms with Gasteiger partial charge in [-0.15, -0.1) is 0 Å². The Morgan fingerprint density at radius 1 is 1.38 bits per heavy atom. The Balaban J connectivity index is 2.76. The number of hydrogen-bond donors (Lipinski definition) is 0. The lowest BCUT2D eigenvalue weighted by Gasteiger charge is -2.16. The molecule has 0 unspecified atom stereocenters. The summed E-state index contributed by atoms with van der Waals surface area (Å²) in [5.74, 6) is -1.01. The molecule has 0 radical (unpaired) electrons. The second-order valence-electron chi connectivity index (χ2n) is 2.44. The maximum Gasteiger partial charge on any atom is 0.255 e. The van der Waals surface area contributed by atoms with Crippen LogP contribution < -0.4 is 4.90 Å². The lowest BCUT2D eigenvalue weighted by molar-refractivity contribution is 0.156. The summed E-state index contributed by atoms with van der Waals surface area (Å²) in [6, 6.07) is 0. The van der Waals surface area contributed by atoms with Crippen LogP contribution in [0.15, 0.2) is 12.4 Å². The van der Waals surface area contributed by atoms with Crippen molar-refractivity contribution in [3.05, 3.63) is 18.3 Å². The molecule has 0 aromatic carbocycles. The quantitative estimate of drug-likeness (QED) is 0.721. The van der Waals surface area contributed by atoms with E-state index in [1.165, 1.54) is 13.2 Å². The molecule has 0 aliphatic heterocycles. The second-order valence-corrected chi connectivity index (χ2v) is 2.44. The monoisotopic (exact) mass is 191 g/mol. The molecule has 0 fully saturated rings. The lowest BCUT2D eigenvalue weighted by Crippen LogP contribution is -2.26. The van der Waals surface area contributed by atoms with Crippen LogP contribution in [0, 0.1) is 5.95 Å². The lowest BCUT2D eigenvalue weighted by atomic mass is 10.5. The zero-order chi connectivity index (χ0) is 9.84. The number of alkyl halides is 2. The van der Waals surface area contributed by atoms with Gasteiger partial charge in [-0.1, -0.05) is 0 Å². The first-order chi connectivity index (χ1) is 6.11. The van der Waals surface area contributed by atoms with Gasteiger partial charge in [-0.3, -0.25) is 0 Å². The van der Waals surface area contributed by atoms with Gasteiger partial charge < -0.3 is 4.90 Å². The van der Waals surface area contributed by atoms with E-state index in [9.17, 15) is 13.2 Å². The molecule has 1 heterocycles. The summed E-state index contributed by atoms with van der Waals surface area (Å²) in [5.41, 5.74) is 0. The Hall–Kier alpha value is -1.33. The Bertz CT molecular complexity index is 279. The van der Waals surface area contributed by atoms with Crippen molar-refractivity contribution in [3.63, 3.8) is 0 Å². The molecule has 0 bridgehead atoms. The van der Waals surface area contributed by atoms with Crippen LogP contribution in [0.2, 0.25) is 0 Å². The van der Waals surface area contributed by atoms with Gasteiger partial charge in [0, 0.05) is 19.4 Å². The third kappa shape index (κ3) is 2.57. The van der Waals surface area contributed by atoms with Gasteiger partial charge in [0.25, 0.3) is 12.4 Å². The highest BCUT2D eigenvalue weighted by molar-refractivity contribution is 5.35. The number of aromatic nitrogens is 2. The molecule has 0 N–H and O–H groups in total. The fourth-order valence-electron chi connectivity index (χ4n) is 0.863. The first-order valence-electron chi connectivity index (χ1n) is 3.57. The molecule has 1 aromatic heterocycles. The summed E-state index contributed by atoms with van der Waals surface area (Å²) in [6.45, 7) is -0.560. The highest BCUT2D eigenvalue weighted by Gasteiger charge is 2.13. The van der Waals surface area contributed by atoms with Crippen molar-refractivity contribution < 1.29 is 13.2 Å². The summed E-state index contributed by atoms with van der Waals surface area (Å²) >= 11 is 0. The van der Waals surface area contributed by atoms with E-state index in [1.807, 2.05) is 0 Å². The molecule has 0 saturated carbocycles. The summed E-state index contributed by atoms with van der Waals surface area (Å²) < 4.78 is 36.6. The van der Waals surface area contributed by atoms with Crippen LogP contribution >= 0.6 is 0 Å². The van der Waals surface area contributed by atoms with Crippen molar-refractivity contribution >= 4 is 5.82 Å². The van der Waals surface area contributed by atoms with Crippen LogP contribution in [0.3, 0.4) is 0 Å². The van der Waals surface area contributed by atoms with E-state index < -0.39 is 18.9 Å². The molecule has 3 nitrogen and oxygen atoms in total. The molecule has 1 aromatic rings. The fourth-order valence-corrected chi connectivity index (χ4v) is 0.863. The number of rotatable bonds is 3. The van der Waals surface area contributed by atoms with Crippen molar-refractivity contribution in [2.24, 2.45) is 0 Å². The highest BCUT2D eigenvalue weighted by Crippen LogP contribution is 2.11. The Kier molecular flexibility index (Phi) is 3.05. The van der Waals surface area contributed by atoms with E-state index >= 15 is 0 Å². The molecule has 0 atom stereocenters. The Morgan fingerprint density at radius 2 is 2.00 bits per heavy atom. The van der Waals surface area contributed by atoms with Gasteiger partial charge in [0.2, 0.25) is 0 Å². The molecule has 0 amide bonds.